The van der Waals surface area contributed by atoms with E-state index in [2.05, 4.69) is 5.32 Å². The summed E-state index contributed by atoms with van der Waals surface area (Å²) in [6.07, 6.45) is 0. The molecule has 0 atom stereocenters. The van der Waals surface area contributed by atoms with Crippen LogP contribution in [0, 0.1) is 11.6 Å². The number of anilines is 1. The Bertz CT molecular complexity index is 659. The lowest BCUT2D eigenvalue weighted by Crippen LogP contribution is -2.13. The Hall–Kier alpha value is -2.63. The van der Waals surface area contributed by atoms with Gasteiger partial charge in [-0.25, -0.2) is 8.78 Å². The van der Waals surface area contributed by atoms with Crippen molar-refractivity contribution in [2.75, 3.05) is 12.4 Å². The number of amides is 1. The predicted molar refractivity (Wildman–Crippen MR) is 69.0 cm³/mol. The monoisotopic (exact) mass is 279 g/mol. The number of aromatic hydroxyl groups is 1. The van der Waals surface area contributed by atoms with Gasteiger partial charge in [-0.2, -0.15) is 0 Å². The average molecular weight is 279 g/mol. The molecule has 104 valence electrons. The number of rotatable bonds is 3. The van der Waals surface area contributed by atoms with Gasteiger partial charge in [0.05, 0.1) is 12.8 Å². The summed E-state index contributed by atoms with van der Waals surface area (Å²) in [6.45, 7) is 0. The van der Waals surface area contributed by atoms with E-state index in [1.165, 1.54) is 37.4 Å². The zero-order valence-electron chi connectivity index (χ0n) is 10.5. The van der Waals surface area contributed by atoms with Crippen LogP contribution in [0.4, 0.5) is 14.5 Å². The molecular formula is C14H11F2NO3. The Morgan fingerprint density at radius 1 is 1.25 bits per heavy atom. The molecule has 0 aromatic heterocycles. The zero-order valence-corrected chi connectivity index (χ0v) is 10.5. The molecule has 4 nitrogen and oxygen atoms in total. The molecule has 2 N–H and O–H groups in total. The van der Waals surface area contributed by atoms with Crippen molar-refractivity contribution in [1.29, 1.82) is 0 Å². The third-order valence-corrected chi connectivity index (χ3v) is 2.64. The van der Waals surface area contributed by atoms with Gasteiger partial charge >= 0.3 is 0 Å². The lowest BCUT2D eigenvalue weighted by atomic mass is 10.2. The van der Waals surface area contributed by atoms with Crippen LogP contribution in [0.1, 0.15) is 10.4 Å². The van der Waals surface area contributed by atoms with Gasteiger partial charge in [0.25, 0.3) is 5.91 Å². The van der Waals surface area contributed by atoms with Gasteiger partial charge in [-0.05, 0) is 30.3 Å². The number of hydrogen-bond donors (Lipinski definition) is 2. The minimum atomic E-state index is -1.13. The first kappa shape index (κ1) is 13.8. The SMILES string of the molecule is COc1cc(C(=O)Nc2cccc(F)c2F)ccc1O. The molecule has 6 heteroatoms. The zero-order chi connectivity index (χ0) is 14.7. The molecule has 0 saturated carbocycles. The van der Waals surface area contributed by atoms with E-state index in [9.17, 15) is 18.7 Å². The second-order valence-corrected chi connectivity index (χ2v) is 3.94. The number of benzene rings is 2. The van der Waals surface area contributed by atoms with Crippen molar-refractivity contribution < 1.29 is 23.4 Å². The molecule has 0 bridgehead atoms. The number of ether oxygens (including phenoxy) is 1. The highest BCUT2D eigenvalue weighted by Gasteiger charge is 2.13. The lowest BCUT2D eigenvalue weighted by Gasteiger charge is -2.08. The fourth-order valence-electron chi connectivity index (χ4n) is 1.61. The van der Waals surface area contributed by atoms with Crippen LogP contribution in [0.2, 0.25) is 0 Å². The highest BCUT2D eigenvalue weighted by molar-refractivity contribution is 6.04. The number of phenolic OH excluding ortho intramolecular Hbond substituents is 1. The van der Waals surface area contributed by atoms with E-state index >= 15 is 0 Å². The van der Waals surface area contributed by atoms with Crippen molar-refractivity contribution in [2.45, 2.75) is 0 Å². The summed E-state index contributed by atoms with van der Waals surface area (Å²) in [7, 11) is 1.34. The molecule has 20 heavy (non-hydrogen) atoms. The van der Waals surface area contributed by atoms with Gasteiger partial charge in [-0.15, -0.1) is 0 Å². The Kier molecular flexibility index (Phi) is 3.84. The van der Waals surface area contributed by atoms with Crippen LogP contribution >= 0.6 is 0 Å². The van der Waals surface area contributed by atoms with E-state index < -0.39 is 17.5 Å². The molecule has 0 unspecified atom stereocenters. The first-order valence-electron chi connectivity index (χ1n) is 5.65. The van der Waals surface area contributed by atoms with Crippen LogP contribution in [-0.2, 0) is 0 Å². The molecule has 1 amide bonds. The molecule has 0 aliphatic rings. The predicted octanol–water partition coefficient (Wildman–Crippen LogP) is 2.93. The third kappa shape index (κ3) is 2.69. The summed E-state index contributed by atoms with van der Waals surface area (Å²) < 4.78 is 31.3. The molecule has 0 heterocycles. The summed E-state index contributed by atoms with van der Waals surface area (Å²) in [5.74, 6) is -2.84. The highest BCUT2D eigenvalue weighted by Crippen LogP contribution is 2.27. The van der Waals surface area contributed by atoms with E-state index in [4.69, 9.17) is 4.74 Å². The quantitative estimate of drug-likeness (QED) is 0.908. The number of carbonyl (C=O) groups is 1. The average Bonchev–Trinajstić information content (AvgIpc) is 2.44. The highest BCUT2D eigenvalue weighted by atomic mass is 19.2. The summed E-state index contributed by atoms with van der Waals surface area (Å²) >= 11 is 0. The van der Waals surface area contributed by atoms with E-state index in [1.807, 2.05) is 0 Å². The van der Waals surface area contributed by atoms with Crippen molar-refractivity contribution in [3.05, 3.63) is 53.6 Å². The summed E-state index contributed by atoms with van der Waals surface area (Å²) in [4.78, 5) is 11.9. The lowest BCUT2D eigenvalue weighted by molar-refractivity contribution is 0.102. The third-order valence-electron chi connectivity index (χ3n) is 2.64. The molecule has 0 fully saturated rings. The smallest absolute Gasteiger partial charge is 0.255 e. The largest absolute Gasteiger partial charge is 0.504 e. The Labute approximate surface area is 113 Å². The molecule has 0 aliphatic heterocycles. The normalized spacial score (nSPS) is 10.2. The van der Waals surface area contributed by atoms with Crippen molar-refractivity contribution in [3.8, 4) is 11.5 Å². The van der Waals surface area contributed by atoms with Gasteiger partial charge in [0, 0.05) is 5.56 Å². The van der Waals surface area contributed by atoms with Crippen LogP contribution in [0.15, 0.2) is 36.4 Å². The van der Waals surface area contributed by atoms with Gasteiger partial charge in [-0.1, -0.05) is 6.07 Å². The van der Waals surface area contributed by atoms with E-state index in [0.29, 0.717) is 0 Å². The summed E-state index contributed by atoms with van der Waals surface area (Å²) in [5, 5.41) is 11.7. The Morgan fingerprint density at radius 3 is 2.70 bits per heavy atom. The van der Waals surface area contributed by atoms with E-state index in [-0.39, 0.29) is 22.7 Å². The van der Waals surface area contributed by atoms with Crippen LogP contribution in [0.5, 0.6) is 11.5 Å². The molecule has 0 spiro atoms. The van der Waals surface area contributed by atoms with Crippen molar-refractivity contribution >= 4 is 11.6 Å². The number of halogens is 2. The topological polar surface area (TPSA) is 58.6 Å². The number of methoxy groups -OCH3 is 1. The number of nitrogens with one attached hydrogen (secondary N) is 1. The standard InChI is InChI=1S/C14H11F2NO3/c1-20-12-7-8(5-6-11(12)18)14(19)17-10-4-2-3-9(15)13(10)16/h2-7,18H,1H3,(H,17,19). The van der Waals surface area contributed by atoms with Crippen molar-refractivity contribution in [3.63, 3.8) is 0 Å². The Morgan fingerprint density at radius 2 is 2.00 bits per heavy atom. The minimum absolute atomic E-state index is 0.109. The Balaban J connectivity index is 2.26. The van der Waals surface area contributed by atoms with E-state index in [1.54, 1.807) is 0 Å². The van der Waals surface area contributed by atoms with Crippen molar-refractivity contribution in [1.82, 2.24) is 0 Å². The van der Waals surface area contributed by atoms with Gasteiger partial charge in [0.1, 0.15) is 0 Å². The maximum atomic E-state index is 13.4. The molecular weight excluding hydrogens is 268 g/mol. The molecule has 0 aliphatic carbocycles. The second kappa shape index (κ2) is 5.56. The fourth-order valence-corrected chi connectivity index (χ4v) is 1.61. The van der Waals surface area contributed by atoms with Gasteiger partial charge in [0.15, 0.2) is 23.1 Å². The molecule has 2 aromatic carbocycles. The molecule has 2 rings (SSSR count). The molecule has 0 saturated heterocycles. The van der Waals surface area contributed by atoms with Crippen LogP contribution in [0.3, 0.4) is 0 Å². The fraction of sp³-hybridized carbons (Fsp3) is 0.0714. The number of hydrogen-bond acceptors (Lipinski definition) is 3. The van der Waals surface area contributed by atoms with Gasteiger partial charge < -0.3 is 15.2 Å². The van der Waals surface area contributed by atoms with Crippen molar-refractivity contribution in [2.24, 2.45) is 0 Å². The van der Waals surface area contributed by atoms with Crippen LogP contribution in [0.25, 0.3) is 0 Å². The number of phenols is 1. The van der Waals surface area contributed by atoms with E-state index in [0.717, 1.165) is 6.07 Å². The van der Waals surface area contributed by atoms with Gasteiger partial charge in [-0.3, -0.25) is 4.79 Å². The maximum absolute atomic E-state index is 13.4. The van der Waals surface area contributed by atoms with Crippen LogP contribution < -0.4 is 10.1 Å². The molecule has 0 radical (unpaired) electrons. The maximum Gasteiger partial charge on any atom is 0.255 e. The van der Waals surface area contributed by atoms with Crippen LogP contribution in [-0.4, -0.2) is 18.1 Å². The first-order valence-corrected chi connectivity index (χ1v) is 5.65. The van der Waals surface area contributed by atoms with Gasteiger partial charge in [0.2, 0.25) is 0 Å². The molecule has 2 aromatic rings. The summed E-state index contributed by atoms with van der Waals surface area (Å²) in [5.41, 5.74) is -0.120. The number of carbonyl (C=O) groups excluding carboxylic acids is 1. The second-order valence-electron chi connectivity index (χ2n) is 3.94. The minimum Gasteiger partial charge on any atom is -0.504 e. The summed E-state index contributed by atoms with van der Waals surface area (Å²) in [6, 6.07) is 7.38. The first-order chi connectivity index (χ1) is 9.52.